The molecule has 0 spiro atoms. The van der Waals surface area contributed by atoms with Crippen molar-refractivity contribution in [3.63, 3.8) is 0 Å². The summed E-state index contributed by atoms with van der Waals surface area (Å²) in [6.45, 7) is 13.9. The molecule has 26 heavy (non-hydrogen) atoms. The van der Waals surface area contributed by atoms with Crippen LogP contribution in [-0.2, 0) is 12.5 Å². The average molecular weight is 351 g/mol. The first-order valence-electron chi connectivity index (χ1n) is 10.2. The third kappa shape index (κ3) is 4.03. The van der Waals surface area contributed by atoms with Gasteiger partial charge in [0.25, 0.3) is 0 Å². The minimum absolute atomic E-state index is 0.199. The molecule has 1 heteroatoms. The summed E-state index contributed by atoms with van der Waals surface area (Å²) in [5.41, 5.74) is 7.66. The van der Waals surface area contributed by atoms with Gasteiger partial charge < -0.3 is 0 Å². The molecule has 0 atom stereocenters. The average Bonchev–Trinajstić information content (AvgIpc) is 2.54. The van der Waals surface area contributed by atoms with Crippen LogP contribution in [0.2, 0.25) is 0 Å². The van der Waals surface area contributed by atoms with Gasteiger partial charge >= 0.3 is 0 Å². The van der Waals surface area contributed by atoms with Gasteiger partial charge in [-0.2, -0.15) is 0 Å². The van der Waals surface area contributed by atoms with E-state index in [4.69, 9.17) is 0 Å². The molecule has 1 aromatic carbocycles. The lowest BCUT2D eigenvalue weighted by atomic mass is 9.71. The fourth-order valence-corrected chi connectivity index (χ4v) is 4.30. The third-order valence-electron chi connectivity index (χ3n) is 6.34. The lowest BCUT2D eigenvalue weighted by Gasteiger charge is -2.34. The van der Waals surface area contributed by atoms with Crippen molar-refractivity contribution in [1.82, 2.24) is 0 Å². The van der Waals surface area contributed by atoms with Crippen LogP contribution in [0.15, 0.2) is 36.5 Å². The zero-order valence-corrected chi connectivity index (χ0v) is 17.8. The fourth-order valence-electron chi connectivity index (χ4n) is 4.30. The third-order valence-corrected chi connectivity index (χ3v) is 6.34. The molecule has 0 bridgehead atoms. The van der Waals surface area contributed by atoms with Crippen molar-refractivity contribution in [2.24, 2.45) is 12.5 Å². The Labute approximate surface area is 160 Å². The number of nitrogens with zero attached hydrogens (tertiary/aromatic N) is 1. The highest BCUT2D eigenvalue weighted by atomic mass is 14.9. The molecule has 1 aliphatic rings. The Morgan fingerprint density at radius 1 is 1.00 bits per heavy atom. The maximum atomic E-state index is 2.41. The molecule has 2 aromatic rings. The van der Waals surface area contributed by atoms with Gasteiger partial charge in [0.1, 0.15) is 7.05 Å². The predicted octanol–water partition coefficient (Wildman–Crippen LogP) is 6.47. The lowest BCUT2D eigenvalue weighted by molar-refractivity contribution is -0.660. The van der Waals surface area contributed by atoms with E-state index in [9.17, 15) is 0 Å². The SMILES string of the molecule is Cc1cc(C(C)(C)C)ccc1-c1ccc(C2CCC(C)(C)CC2)c[n+]1C. The molecule has 0 N–H and O–H groups in total. The van der Waals surface area contributed by atoms with E-state index in [0.29, 0.717) is 5.41 Å². The van der Waals surface area contributed by atoms with E-state index in [-0.39, 0.29) is 5.41 Å². The number of aromatic nitrogens is 1. The summed E-state index contributed by atoms with van der Waals surface area (Å²) >= 11 is 0. The number of benzene rings is 1. The van der Waals surface area contributed by atoms with Crippen molar-refractivity contribution < 1.29 is 4.57 Å². The molecular weight excluding hydrogens is 314 g/mol. The highest BCUT2D eigenvalue weighted by molar-refractivity contribution is 5.62. The highest BCUT2D eigenvalue weighted by Gasteiger charge is 2.29. The molecular formula is C25H36N+. The van der Waals surface area contributed by atoms with Gasteiger partial charge in [-0.3, -0.25) is 0 Å². The van der Waals surface area contributed by atoms with Crippen LogP contribution in [0.3, 0.4) is 0 Å². The van der Waals surface area contributed by atoms with Crippen molar-refractivity contribution >= 4 is 0 Å². The molecule has 1 heterocycles. The second-order valence-corrected chi connectivity index (χ2v) is 10.2. The normalized spacial score (nSPS) is 18.1. The van der Waals surface area contributed by atoms with E-state index in [1.54, 1.807) is 0 Å². The fraction of sp³-hybridized carbons (Fsp3) is 0.560. The van der Waals surface area contributed by atoms with Crippen LogP contribution in [0.5, 0.6) is 0 Å². The first kappa shape index (κ1) is 19.1. The number of pyridine rings is 1. The first-order chi connectivity index (χ1) is 12.1. The standard InChI is InChI=1S/C25H36N/c1-18-16-21(24(2,3)4)9-10-22(18)23-11-8-20(17-26(23)7)19-12-14-25(5,6)15-13-19/h8-11,16-17,19H,12-15H2,1-7H3/q+1. The van der Waals surface area contributed by atoms with Crippen LogP contribution >= 0.6 is 0 Å². The number of aryl methyl sites for hydroxylation is 2. The molecule has 0 radical (unpaired) electrons. The van der Waals surface area contributed by atoms with Gasteiger partial charge in [0.2, 0.25) is 5.69 Å². The predicted molar refractivity (Wildman–Crippen MR) is 111 cm³/mol. The molecule has 1 saturated carbocycles. The van der Waals surface area contributed by atoms with E-state index in [1.165, 1.54) is 53.6 Å². The maximum Gasteiger partial charge on any atom is 0.212 e. The van der Waals surface area contributed by atoms with E-state index in [1.807, 2.05) is 0 Å². The summed E-state index contributed by atoms with van der Waals surface area (Å²) in [6.07, 6.45) is 7.71. The van der Waals surface area contributed by atoms with Gasteiger partial charge in [0, 0.05) is 17.2 Å². The second-order valence-electron chi connectivity index (χ2n) is 10.2. The van der Waals surface area contributed by atoms with Crippen LogP contribution in [0, 0.1) is 12.3 Å². The van der Waals surface area contributed by atoms with Crippen molar-refractivity contribution in [3.8, 4) is 11.3 Å². The lowest BCUT2D eigenvalue weighted by Crippen LogP contribution is -2.32. The van der Waals surface area contributed by atoms with Crippen LogP contribution in [0.1, 0.15) is 82.9 Å². The van der Waals surface area contributed by atoms with E-state index in [2.05, 4.69) is 89.7 Å². The van der Waals surface area contributed by atoms with Gasteiger partial charge in [-0.05, 0) is 72.6 Å². The summed E-state index contributed by atoms with van der Waals surface area (Å²) in [7, 11) is 2.20. The van der Waals surface area contributed by atoms with Crippen molar-refractivity contribution in [2.75, 3.05) is 0 Å². The molecule has 0 saturated heterocycles. The Kier molecular flexibility index (Phi) is 5.03. The van der Waals surface area contributed by atoms with Crippen LogP contribution < -0.4 is 4.57 Å². The Balaban J connectivity index is 1.87. The molecule has 0 aliphatic heterocycles. The largest absolute Gasteiger partial charge is 0.212 e. The Bertz CT molecular complexity index is 782. The molecule has 1 nitrogen and oxygen atoms in total. The zero-order chi connectivity index (χ0) is 19.1. The summed E-state index contributed by atoms with van der Waals surface area (Å²) in [5.74, 6) is 0.729. The van der Waals surface area contributed by atoms with Crippen molar-refractivity contribution in [3.05, 3.63) is 53.2 Å². The van der Waals surface area contributed by atoms with Gasteiger partial charge in [0.15, 0.2) is 6.20 Å². The monoisotopic (exact) mass is 350 g/mol. The minimum Gasteiger partial charge on any atom is -0.201 e. The Hall–Kier alpha value is -1.63. The van der Waals surface area contributed by atoms with Crippen LogP contribution in [-0.4, -0.2) is 0 Å². The second kappa shape index (κ2) is 6.83. The van der Waals surface area contributed by atoms with Gasteiger partial charge in [-0.25, -0.2) is 4.57 Å². The molecule has 3 rings (SSSR count). The summed E-state index contributed by atoms with van der Waals surface area (Å²) in [4.78, 5) is 0. The smallest absolute Gasteiger partial charge is 0.201 e. The van der Waals surface area contributed by atoms with Gasteiger partial charge in [0.05, 0.1) is 0 Å². The van der Waals surface area contributed by atoms with Crippen molar-refractivity contribution in [1.29, 1.82) is 0 Å². The number of hydrogen-bond acceptors (Lipinski definition) is 0. The van der Waals surface area contributed by atoms with E-state index < -0.39 is 0 Å². The minimum atomic E-state index is 0.199. The molecule has 1 aliphatic carbocycles. The van der Waals surface area contributed by atoms with Gasteiger partial charge in [-0.15, -0.1) is 0 Å². The van der Waals surface area contributed by atoms with E-state index >= 15 is 0 Å². The Morgan fingerprint density at radius 3 is 2.19 bits per heavy atom. The Morgan fingerprint density at radius 2 is 1.65 bits per heavy atom. The maximum absolute atomic E-state index is 2.41. The quantitative estimate of drug-likeness (QED) is 0.547. The zero-order valence-electron chi connectivity index (χ0n) is 17.8. The van der Waals surface area contributed by atoms with Crippen molar-refractivity contribution in [2.45, 2.75) is 78.6 Å². The van der Waals surface area contributed by atoms with Crippen LogP contribution in [0.25, 0.3) is 11.3 Å². The molecule has 1 aromatic heterocycles. The summed E-state index contributed by atoms with van der Waals surface area (Å²) < 4.78 is 2.33. The molecule has 0 unspecified atom stereocenters. The highest BCUT2D eigenvalue weighted by Crippen LogP contribution is 2.42. The van der Waals surface area contributed by atoms with Crippen LogP contribution in [0.4, 0.5) is 0 Å². The first-order valence-corrected chi connectivity index (χ1v) is 10.2. The number of hydrogen-bond donors (Lipinski definition) is 0. The van der Waals surface area contributed by atoms with Gasteiger partial charge in [-0.1, -0.05) is 46.8 Å². The summed E-state index contributed by atoms with van der Waals surface area (Å²) in [5, 5.41) is 0. The molecule has 1 fully saturated rings. The van der Waals surface area contributed by atoms with E-state index in [0.717, 1.165) is 5.92 Å². The molecule has 140 valence electrons. The summed E-state index contributed by atoms with van der Waals surface area (Å²) in [6, 6.07) is 11.6. The molecule has 0 amide bonds. The topological polar surface area (TPSA) is 3.88 Å². The number of rotatable bonds is 2.